The van der Waals surface area contributed by atoms with Gasteiger partial charge in [0.15, 0.2) is 18.8 Å². The SMILES string of the molecule is C1=CC(c2nc3cc(NCC4CC4)cc4c3n2CCCO4)=C2OCOC2N1.NC=O. The molecule has 4 N–H and O–H groups in total. The molecule has 1 unspecified atom stereocenters. The number of hydrogen-bond donors (Lipinski definition) is 3. The molecule has 1 aliphatic carbocycles. The van der Waals surface area contributed by atoms with Crippen molar-refractivity contribution in [1.82, 2.24) is 14.9 Å². The molecule has 1 amide bonds. The Morgan fingerprint density at radius 3 is 3.03 bits per heavy atom. The van der Waals surface area contributed by atoms with Crippen molar-refractivity contribution in [2.75, 3.05) is 25.3 Å². The van der Waals surface area contributed by atoms with Gasteiger partial charge in [0.2, 0.25) is 6.41 Å². The van der Waals surface area contributed by atoms with Gasteiger partial charge in [-0.2, -0.15) is 0 Å². The monoisotopic (exact) mass is 411 g/mol. The number of nitrogens with zero attached hydrogens (tertiary/aromatic N) is 2. The van der Waals surface area contributed by atoms with Crippen LogP contribution in [0.5, 0.6) is 5.75 Å². The Morgan fingerprint density at radius 1 is 1.33 bits per heavy atom. The zero-order valence-electron chi connectivity index (χ0n) is 16.6. The number of nitrogens with one attached hydrogen (secondary N) is 2. The predicted octanol–water partition coefficient (Wildman–Crippen LogP) is 1.90. The molecule has 30 heavy (non-hydrogen) atoms. The number of imidazole rings is 1. The Bertz CT molecular complexity index is 1020. The number of amides is 1. The maximum Gasteiger partial charge on any atom is 0.204 e. The normalized spacial score (nSPS) is 21.5. The second-order valence-electron chi connectivity index (χ2n) is 7.68. The summed E-state index contributed by atoms with van der Waals surface area (Å²) >= 11 is 0. The van der Waals surface area contributed by atoms with Crippen molar-refractivity contribution >= 4 is 28.7 Å². The van der Waals surface area contributed by atoms with Crippen LogP contribution in [-0.4, -0.2) is 42.1 Å². The van der Waals surface area contributed by atoms with Crippen LogP contribution < -0.4 is 21.1 Å². The number of benzene rings is 1. The minimum atomic E-state index is -0.227. The van der Waals surface area contributed by atoms with E-state index >= 15 is 0 Å². The lowest BCUT2D eigenvalue weighted by Crippen LogP contribution is -2.28. The van der Waals surface area contributed by atoms with Crippen molar-refractivity contribution in [3.63, 3.8) is 0 Å². The van der Waals surface area contributed by atoms with Crippen LogP contribution in [0.4, 0.5) is 5.69 Å². The van der Waals surface area contributed by atoms with Gasteiger partial charge < -0.3 is 35.1 Å². The molecule has 0 radical (unpaired) electrons. The number of carbonyl (C=O) groups is 1. The smallest absolute Gasteiger partial charge is 0.204 e. The van der Waals surface area contributed by atoms with Crippen molar-refractivity contribution in [1.29, 1.82) is 0 Å². The van der Waals surface area contributed by atoms with Gasteiger partial charge in [-0.15, -0.1) is 0 Å². The number of hydrogen-bond acceptors (Lipinski definition) is 7. The summed E-state index contributed by atoms with van der Waals surface area (Å²) in [5.74, 6) is 3.45. The van der Waals surface area contributed by atoms with Gasteiger partial charge in [0.1, 0.15) is 17.1 Å². The third-order valence-electron chi connectivity index (χ3n) is 5.57. The number of aryl methyl sites for hydroxylation is 1. The summed E-state index contributed by atoms with van der Waals surface area (Å²) in [7, 11) is 0. The summed E-state index contributed by atoms with van der Waals surface area (Å²) in [6.07, 6.45) is 7.55. The molecule has 3 aliphatic heterocycles. The molecule has 6 rings (SSSR count). The van der Waals surface area contributed by atoms with Crippen molar-refractivity contribution in [2.24, 2.45) is 11.7 Å². The number of fused-ring (bicyclic) bond motifs is 1. The number of carbonyl (C=O) groups excluding carboxylic acids is 1. The third kappa shape index (κ3) is 3.45. The lowest BCUT2D eigenvalue weighted by Gasteiger charge is -2.17. The van der Waals surface area contributed by atoms with Gasteiger partial charge in [0, 0.05) is 24.8 Å². The quantitative estimate of drug-likeness (QED) is 0.659. The molecule has 4 heterocycles. The molecule has 1 aromatic carbocycles. The van der Waals surface area contributed by atoms with E-state index in [0.29, 0.717) is 6.61 Å². The zero-order valence-corrected chi connectivity index (χ0v) is 16.6. The van der Waals surface area contributed by atoms with Crippen molar-refractivity contribution in [3.8, 4) is 5.75 Å². The molecule has 9 heteroatoms. The maximum absolute atomic E-state index is 8.58. The highest BCUT2D eigenvalue weighted by atomic mass is 16.7. The summed E-state index contributed by atoms with van der Waals surface area (Å²) < 4.78 is 19.7. The van der Waals surface area contributed by atoms with E-state index in [2.05, 4.69) is 33.1 Å². The van der Waals surface area contributed by atoms with Crippen LogP contribution in [0, 0.1) is 5.92 Å². The number of anilines is 1. The maximum atomic E-state index is 8.58. The first-order valence-electron chi connectivity index (χ1n) is 10.3. The highest BCUT2D eigenvalue weighted by Gasteiger charge is 2.31. The van der Waals surface area contributed by atoms with E-state index < -0.39 is 0 Å². The minimum Gasteiger partial charge on any atom is -0.491 e. The molecule has 9 nitrogen and oxygen atoms in total. The van der Waals surface area contributed by atoms with Crippen LogP contribution in [0.15, 0.2) is 30.2 Å². The van der Waals surface area contributed by atoms with Crippen LogP contribution in [0.2, 0.25) is 0 Å². The number of nitrogens with two attached hydrogens (primary N) is 1. The Balaban J connectivity index is 0.000000609. The number of dihydropyridines is 1. The number of allylic oxidation sites excluding steroid dienone is 2. The predicted molar refractivity (Wildman–Crippen MR) is 111 cm³/mol. The highest BCUT2D eigenvalue weighted by Crippen LogP contribution is 2.38. The molecule has 0 spiro atoms. The molecular formula is C21H25N5O4. The largest absolute Gasteiger partial charge is 0.491 e. The van der Waals surface area contributed by atoms with Gasteiger partial charge in [-0.05, 0) is 43.5 Å². The fourth-order valence-electron chi connectivity index (χ4n) is 4.00. The van der Waals surface area contributed by atoms with E-state index in [1.54, 1.807) is 0 Å². The van der Waals surface area contributed by atoms with Crippen LogP contribution in [0.25, 0.3) is 16.6 Å². The van der Waals surface area contributed by atoms with Crippen LogP contribution in [-0.2, 0) is 20.8 Å². The second-order valence-corrected chi connectivity index (χ2v) is 7.68. The number of ether oxygens (including phenoxy) is 3. The lowest BCUT2D eigenvalue weighted by molar-refractivity contribution is -0.106. The Kier molecular flexibility index (Phi) is 4.96. The van der Waals surface area contributed by atoms with Crippen LogP contribution in [0.1, 0.15) is 25.1 Å². The topological polar surface area (TPSA) is 113 Å². The first-order chi connectivity index (χ1) is 14.8. The first kappa shape index (κ1) is 18.8. The zero-order chi connectivity index (χ0) is 20.5. The van der Waals surface area contributed by atoms with Crippen LogP contribution in [0.3, 0.4) is 0 Å². The van der Waals surface area contributed by atoms with E-state index in [-0.39, 0.29) is 19.4 Å². The van der Waals surface area contributed by atoms with E-state index in [1.165, 1.54) is 12.8 Å². The molecule has 1 saturated carbocycles. The first-order valence-corrected chi connectivity index (χ1v) is 10.3. The van der Waals surface area contributed by atoms with E-state index in [4.69, 9.17) is 24.0 Å². The third-order valence-corrected chi connectivity index (χ3v) is 5.57. The number of aromatic nitrogens is 2. The lowest BCUT2D eigenvalue weighted by atomic mass is 10.1. The molecule has 0 bridgehead atoms. The molecule has 2 fully saturated rings. The van der Waals surface area contributed by atoms with Gasteiger partial charge in [0.25, 0.3) is 0 Å². The van der Waals surface area contributed by atoms with Gasteiger partial charge in [-0.25, -0.2) is 4.98 Å². The van der Waals surface area contributed by atoms with E-state index in [0.717, 1.165) is 65.1 Å². The van der Waals surface area contributed by atoms with E-state index in [1.807, 2.05) is 12.3 Å². The number of rotatable bonds is 4. The molecule has 158 valence electrons. The fraction of sp³-hybridized carbons (Fsp3) is 0.429. The van der Waals surface area contributed by atoms with Crippen LogP contribution >= 0.6 is 0 Å². The van der Waals surface area contributed by atoms with Crippen molar-refractivity contribution < 1.29 is 19.0 Å². The minimum absolute atomic E-state index is 0.227. The van der Waals surface area contributed by atoms with Crippen molar-refractivity contribution in [2.45, 2.75) is 32.0 Å². The summed E-state index contributed by atoms with van der Waals surface area (Å²) in [5.41, 5.74) is 8.25. The van der Waals surface area contributed by atoms with Crippen molar-refractivity contribution in [3.05, 3.63) is 36.0 Å². The van der Waals surface area contributed by atoms with Gasteiger partial charge in [-0.1, -0.05) is 0 Å². The second kappa shape index (κ2) is 7.91. The molecule has 4 aliphatic rings. The van der Waals surface area contributed by atoms with E-state index in [9.17, 15) is 0 Å². The molecule has 1 aromatic heterocycles. The Labute approximate surface area is 173 Å². The fourth-order valence-corrected chi connectivity index (χ4v) is 4.00. The average molecular weight is 411 g/mol. The molecule has 2 aromatic rings. The Morgan fingerprint density at radius 2 is 2.20 bits per heavy atom. The van der Waals surface area contributed by atoms with Gasteiger partial charge >= 0.3 is 0 Å². The summed E-state index contributed by atoms with van der Waals surface area (Å²) in [4.78, 5) is 13.6. The van der Waals surface area contributed by atoms with Gasteiger partial charge in [-0.3, -0.25) is 4.79 Å². The molecular weight excluding hydrogens is 386 g/mol. The summed E-state index contributed by atoms with van der Waals surface area (Å²) in [6.45, 7) is 2.88. The summed E-state index contributed by atoms with van der Waals surface area (Å²) in [5, 5.41) is 6.73. The number of primary amides is 1. The standard InChI is InChI=1S/C20H22N4O3.CH3NO/c1-6-24-17-15(8-13(9-16(17)25-7-1)22-10-12-2-3-12)23-19(24)14-4-5-21-20-18(14)26-11-27-20;2-1-3/h4-5,8-9,12,20-22H,1-3,6-7,10-11H2;1H,(H2,2,3). The average Bonchev–Trinajstić information content (AvgIpc) is 3.39. The van der Waals surface area contributed by atoms with Gasteiger partial charge in [0.05, 0.1) is 17.7 Å². The summed E-state index contributed by atoms with van der Waals surface area (Å²) in [6, 6.07) is 4.25. The Hall–Kier alpha value is -3.20. The highest BCUT2D eigenvalue weighted by molar-refractivity contribution is 5.90. The molecule has 1 atom stereocenters. The molecule has 1 saturated heterocycles.